The van der Waals surface area contributed by atoms with Crippen LogP contribution in [0, 0.1) is 10.8 Å². The monoisotopic (exact) mass is 268 g/mol. The highest BCUT2D eigenvalue weighted by Gasteiger charge is 2.43. The summed E-state index contributed by atoms with van der Waals surface area (Å²) in [5.74, 6) is 0.276. The minimum atomic E-state index is -0.357. The summed E-state index contributed by atoms with van der Waals surface area (Å²) in [6.07, 6.45) is 5.04. The first-order valence-electron chi connectivity index (χ1n) is 7.62. The molecule has 0 spiro atoms. The van der Waals surface area contributed by atoms with E-state index in [9.17, 15) is 4.79 Å². The Labute approximate surface area is 116 Å². The average Bonchev–Trinajstić information content (AvgIpc) is 2.47. The molecule has 2 fully saturated rings. The second-order valence-corrected chi connectivity index (χ2v) is 6.59. The summed E-state index contributed by atoms with van der Waals surface area (Å²) in [7, 11) is 0. The molecule has 2 saturated heterocycles. The molecule has 2 aliphatic rings. The van der Waals surface area contributed by atoms with Gasteiger partial charge in [0.15, 0.2) is 0 Å². The summed E-state index contributed by atoms with van der Waals surface area (Å²) in [5, 5.41) is 0. The van der Waals surface area contributed by atoms with Crippen molar-refractivity contribution < 1.29 is 9.53 Å². The van der Waals surface area contributed by atoms with Gasteiger partial charge in [-0.25, -0.2) is 0 Å². The molecule has 1 atom stereocenters. The number of piperidine rings is 1. The molecular weight excluding hydrogens is 240 g/mol. The second-order valence-electron chi connectivity index (χ2n) is 6.59. The lowest BCUT2D eigenvalue weighted by atomic mass is 9.75. The minimum Gasteiger partial charge on any atom is -0.381 e. The molecule has 0 radical (unpaired) electrons. The zero-order valence-corrected chi connectivity index (χ0v) is 12.4. The molecule has 0 aromatic carbocycles. The Morgan fingerprint density at radius 2 is 2.00 bits per heavy atom. The highest BCUT2D eigenvalue weighted by Crippen LogP contribution is 2.37. The molecule has 1 unspecified atom stereocenters. The summed E-state index contributed by atoms with van der Waals surface area (Å²) in [4.78, 5) is 15.0. The fourth-order valence-electron chi connectivity index (χ4n) is 3.38. The van der Waals surface area contributed by atoms with Crippen molar-refractivity contribution in [3.63, 3.8) is 0 Å². The normalized spacial score (nSPS) is 31.2. The van der Waals surface area contributed by atoms with Gasteiger partial charge in [-0.1, -0.05) is 13.8 Å². The molecule has 0 aromatic heterocycles. The number of hydrogen-bond acceptors (Lipinski definition) is 3. The van der Waals surface area contributed by atoms with Crippen molar-refractivity contribution in [2.75, 3.05) is 32.8 Å². The first kappa shape index (κ1) is 14.8. The van der Waals surface area contributed by atoms with Crippen LogP contribution in [-0.2, 0) is 9.53 Å². The van der Waals surface area contributed by atoms with Gasteiger partial charge in [0, 0.05) is 32.8 Å². The van der Waals surface area contributed by atoms with Crippen molar-refractivity contribution in [1.29, 1.82) is 0 Å². The molecule has 2 aliphatic heterocycles. The average molecular weight is 268 g/mol. The number of ether oxygens (including phenoxy) is 1. The highest BCUT2D eigenvalue weighted by atomic mass is 16.5. The van der Waals surface area contributed by atoms with Crippen LogP contribution < -0.4 is 5.73 Å². The van der Waals surface area contributed by atoms with E-state index in [0.717, 1.165) is 38.8 Å². The van der Waals surface area contributed by atoms with Gasteiger partial charge < -0.3 is 15.4 Å². The lowest BCUT2D eigenvalue weighted by Crippen LogP contribution is -2.54. The van der Waals surface area contributed by atoms with Crippen LogP contribution in [0.3, 0.4) is 0 Å². The smallest absolute Gasteiger partial charge is 0.230 e. The third-order valence-corrected chi connectivity index (χ3v) is 5.22. The van der Waals surface area contributed by atoms with E-state index in [1.807, 2.05) is 0 Å². The quantitative estimate of drug-likeness (QED) is 0.849. The molecule has 0 aromatic rings. The number of rotatable bonds is 3. The van der Waals surface area contributed by atoms with Gasteiger partial charge in [0.2, 0.25) is 5.91 Å². The topological polar surface area (TPSA) is 55.6 Å². The Morgan fingerprint density at radius 3 is 2.58 bits per heavy atom. The van der Waals surface area contributed by atoms with E-state index in [-0.39, 0.29) is 16.7 Å². The minimum absolute atomic E-state index is 0.276. The van der Waals surface area contributed by atoms with E-state index in [1.54, 1.807) is 0 Å². The maximum Gasteiger partial charge on any atom is 0.230 e. The van der Waals surface area contributed by atoms with Crippen LogP contribution in [-0.4, -0.2) is 43.7 Å². The summed E-state index contributed by atoms with van der Waals surface area (Å²) in [5.41, 5.74) is 5.87. The fourth-order valence-corrected chi connectivity index (χ4v) is 3.38. The predicted molar refractivity (Wildman–Crippen MR) is 75.8 cm³/mol. The Kier molecular flexibility index (Phi) is 4.51. The number of nitrogens with zero attached hydrogens (tertiary/aromatic N) is 1. The number of likely N-dealkylation sites (tertiary alicyclic amines) is 1. The fraction of sp³-hybridized carbons (Fsp3) is 0.933. The molecule has 2 heterocycles. The van der Waals surface area contributed by atoms with Crippen LogP contribution >= 0.6 is 0 Å². The number of carbonyl (C=O) groups excluding carboxylic acids is 1. The highest BCUT2D eigenvalue weighted by molar-refractivity contribution is 5.83. The predicted octanol–water partition coefficient (Wildman–Crippen LogP) is 1.78. The van der Waals surface area contributed by atoms with Crippen LogP contribution in [0.2, 0.25) is 0 Å². The number of amides is 1. The van der Waals surface area contributed by atoms with E-state index in [1.165, 1.54) is 6.42 Å². The van der Waals surface area contributed by atoms with Crippen LogP contribution in [0.25, 0.3) is 0 Å². The lowest BCUT2D eigenvalue weighted by Gasteiger charge is -2.45. The molecule has 19 heavy (non-hydrogen) atoms. The summed E-state index contributed by atoms with van der Waals surface area (Å²) >= 11 is 0. The second kappa shape index (κ2) is 5.80. The standard InChI is InChI=1S/C15H28N2O2/c1-3-14(2)5-4-8-17(12-14)13(18)15(11-16)6-9-19-10-7-15/h3-12,16H2,1-2H3. The molecule has 2 N–H and O–H groups in total. The van der Waals surface area contributed by atoms with Crippen LogP contribution in [0.5, 0.6) is 0 Å². The summed E-state index contributed by atoms with van der Waals surface area (Å²) in [6, 6.07) is 0. The third-order valence-electron chi connectivity index (χ3n) is 5.22. The van der Waals surface area contributed by atoms with Crippen molar-refractivity contribution in [1.82, 2.24) is 4.90 Å². The zero-order valence-electron chi connectivity index (χ0n) is 12.4. The van der Waals surface area contributed by atoms with Gasteiger partial charge in [0.1, 0.15) is 0 Å². The van der Waals surface area contributed by atoms with E-state index in [4.69, 9.17) is 10.5 Å². The largest absolute Gasteiger partial charge is 0.381 e. The first-order chi connectivity index (χ1) is 9.05. The van der Waals surface area contributed by atoms with Gasteiger partial charge in [-0.05, 0) is 37.5 Å². The SMILES string of the molecule is CCC1(C)CCCN(C(=O)C2(CN)CCOCC2)C1. The summed E-state index contributed by atoms with van der Waals surface area (Å²) < 4.78 is 5.40. The van der Waals surface area contributed by atoms with Crippen molar-refractivity contribution in [2.24, 2.45) is 16.6 Å². The van der Waals surface area contributed by atoms with Crippen molar-refractivity contribution in [3.05, 3.63) is 0 Å². The van der Waals surface area contributed by atoms with E-state index in [0.29, 0.717) is 19.8 Å². The Morgan fingerprint density at radius 1 is 1.32 bits per heavy atom. The maximum atomic E-state index is 12.9. The molecule has 2 rings (SSSR count). The van der Waals surface area contributed by atoms with Crippen molar-refractivity contribution in [3.8, 4) is 0 Å². The van der Waals surface area contributed by atoms with Gasteiger partial charge in [-0.3, -0.25) is 4.79 Å². The summed E-state index contributed by atoms with van der Waals surface area (Å²) in [6.45, 7) is 8.10. The van der Waals surface area contributed by atoms with Gasteiger partial charge in [0.25, 0.3) is 0 Å². The molecule has 110 valence electrons. The molecule has 0 bridgehead atoms. The molecule has 1 amide bonds. The first-order valence-corrected chi connectivity index (χ1v) is 7.62. The van der Waals surface area contributed by atoms with E-state index >= 15 is 0 Å². The van der Waals surface area contributed by atoms with Crippen LogP contribution in [0.1, 0.15) is 46.0 Å². The van der Waals surface area contributed by atoms with Gasteiger partial charge in [-0.2, -0.15) is 0 Å². The maximum absolute atomic E-state index is 12.9. The van der Waals surface area contributed by atoms with Crippen molar-refractivity contribution >= 4 is 5.91 Å². The van der Waals surface area contributed by atoms with E-state index < -0.39 is 0 Å². The van der Waals surface area contributed by atoms with Crippen LogP contribution in [0.4, 0.5) is 0 Å². The zero-order chi connectivity index (χ0) is 13.9. The van der Waals surface area contributed by atoms with Gasteiger partial charge >= 0.3 is 0 Å². The van der Waals surface area contributed by atoms with Crippen molar-refractivity contribution in [2.45, 2.75) is 46.0 Å². The van der Waals surface area contributed by atoms with E-state index in [2.05, 4.69) is 18.7 Å². The Balaban J connectivity index is 2.09. The molecule has 0 saturated carbocycles. The van der Waals surface area contributed by atoms with Gasteiger partial charge in [-0.15, -0.1) is 0 Å². The van der Waals surface area contributed by atoms with Gasteiger partial charge in [0.05, 0.1) is 5.41 Å². The molecule has 4 heteroatoms. The van der Waals surface area contributed by atoms with Crippen LogP contribution in [0.15, 0.2) is 0 Å². The lowest BCUT2D eigenvalue weighted by molar-refractivity contribution is -0.150. The number of nitrogens with two attached hydrogens (primary N) is 1. The molecular formula is C15H28N2O2. The number of carbonyl (C=O) groups is 1. The Hall–Kier alpha value is -0.610. The third kappa shape index (κ3) is 2.95. The number of hydrogen-bond donors (Lipinski definition) is 1. The molecule has 0 aliphatic carbocycles. The Bertz CT molecular complexity index is 326. The molecule has 4 nitrogen and oxygen atoms in total.